The molecule has 0 saturated carbocycles. The van der Waals surface area contributed by atoms with Crippen molar-refractivity contribution in [3.05, 3.63) is 12.3 Å². The topological polar surface area (TPSA) is 90.4 Å². The number of nitrogens with zero attached hydrogens (tertiary/aromatic N) is 5. The van der Waals surface area contributed by atoms with E-state index in [1.807, 2.05) is 39.8 Å². The van der Waals surface area contributed by atoms with Gasteiger partial charge in [0.15, 0.2) is 5.82 Å². The number of carbonyl (C=O) groups excluding carboxylic acids is 2. The maximum atomic E-state index is 12.5. The summed E-state index contributed by atoms with van der Waals surface area (Å²) in [5, 5.41) is 3.11. The zero-order valence-electron chi connectivity index (χ0n) is 18.2. The number of nitrogens with one attached hydrogen (secondary N) is 1. The average molecular weight is 405 g/mol. The summed E-state index contributed by atoms with van der Waals surface area (Å²) < 4.78 is 5.50. The van der Waals surface area contributed by atoms with E-state index in [1.54, 1.807) is 35.4 Å². The van der Waals surface area contributed by atoms with Crippen molar-refractivity contribution in [2.24, 2.45) is 4.99 Å². The highest BCUT2D eigenvalue weighted by molar-refractivity contribution is 5.89. The third kappa shape index (κ3) is 6.07. The minimum Gasteiger partial charge on any atom is -0.444 e. The number of aromatic nitrogens is 1. The lowest BCUT2D eigenvalue weighted by molar-refractivity contribution is -0.108. The van der Waals surface area contributed by atoms with Crippen molar-refractivity contribution in [3.8, 4) is 0 Å². The normalized spacial score (nSPS) is 17.2. The van der Waals surface area contributed by atoms with E-state index >= 15 is 0 Å². The number of ether oxygens (including phenoxy) is 1. The highest BCUT2D eigenvalue weighted by Gasteiger charge is 2.31. The number of aliphatic imine (C=N–C) groups is 1. The maximum absolute atomic E-state index is 12.5. The van der Waals surface area contributed by atoms with Gasteiger partial charge in [-0.1, -0.05) is 0 Å². The van der Waals surface area contributed by atoms with E-state index in [0.29, 0.717) is 30.3 Å². The van der Waals surface area contributed by atoms with Crippen molar-refractivity contribution in [1.82, 2.24) is 14.8 Å². The molecule has 2 amide bonds. The van der Waals surface area contributed by atoms with E-state index in [9.17, 15) is 9.59 Å². The molecule has 1 aromatic rings. The molecule has 1 aliphatic heterocycles. The van der Waals surface area contributed by atoms with Gasteiger partial charge in [-0.05, 0) is 39.7 Å². The highest BCUT2D eigenvalue weighted by atomic mass is 16.6. The Labute approximate surface area is 172 Å². The van der Waals surface area contributed by atoms with E-state index in [2.05, 4.69) is 15.3 Å². The van der Waals surface area contributed by atoms with E-state index in [1.165, 1.54) is 0 Å². The molecule has 0 bridgehead atoms. The number of anilines is 2. The van der Waals surface area contributed by atoms with Crippen molar-refractivity contribution in [2.75, 3.05) is 44.4 Å². The summed E-state index contributed by atoms with van der Waals surface area (Å²) in [6, 6.07) is 1.62. The molecule has 1 aliphatic rings. The van der Waals surface area contributed by atoms with Crippen LogP contribution in [0.3, 0.4) is 0 Å². The van der Waals surface area contributed by atoms with Gasteiger partial charge in [-0.2, -0.15) is 0 Å². The van der Waals surface area contributed by atoms with Gasteiger partial charge in [0.2, 0.25) is 6.41 Å². The number of carbonyl (C=O) groups is 2. The molecule has 1 saturated heterocycles. The Hall–Kier alpha value is -2.84. The first-order valence-electron chi connectivity index (χ1n) is 9.75. The number of rotatable bonds is 6. The molecule has 1 fully saturated rings. The summed E-state index contributed by atoms with van der Waals surface area (Å²) in [6.45, 7) is 6.56. The Bertz CT molecular complexity index is 744. The fraction of sp³-hybridized carbons (Fsp3) is 0.600. The zero-order chi connectivity index (χ0) is 21.6. The van der Waals surface area contributed by atoms with Crippen LogP contribution >= 0.6 is 0 Å². The second-order valence-corrected chi connectivity index (χ2v) is 8.22. The lowest BCUT2D eigenvalue weighted by Crippen LogP contribution is -2.50. The Morgan fingerprint density at radius 1 is 1.41 bits per heavy atom. The Balaban J connectivity index is 2.27. The summed E-state index contributed by atoms with van der Waals surface area (Å²) >= 11 is 0. The summed E-state index contributed by atoms with van der Waals surface area (Å²) in [5.41, 5.74) is 0.782. The van der Waals surface area contributed by atoms with Gasteiger partial charge in [-0.15, -0.1) is 0 Å². The molecular formula is C20H32N6O3. The molecule has 0 radical (unpaired) electrons. The molecule has 160 valence electrons. The quantitative estimate of drug-likeness (QED) is 0.445. The minimum absolute atomic E-state index is 0.158. The summed E-state index contributed by atoms with van der Waals surface area (Å²) in [6.07, 6.45) is 5.32. The number of pyridine rings is 1. The van der Waals surface area contributed by atoms with E-state index in [-0.39, 0.29) is 12.1 Å². The standard InChI is InChI=1S/C20H32N6O3/c1-20(2,3)29-19(28)25-11-7-8-15(12-25)26(14-27)16-9-10-22-18(17(16)21-4)23-13-24(5)6/h9-10,13-15,21H,7-8,11-12H2,1-6H3/b23-13+. The first-order chi connectivity index (χ1) is 13.7. The molecule has 29 heavy (non-hydrogen) atoms. The molecule has 2 rings (SSSR count). The second-order valence-electron chi connectivity index (χ2n) is 8.22. The van der Waals surface area contributed by atoms with Crippen LogP contribution in [0.4, 0.5) is 22.0 Å². The molecule has 1 aromatic heterocycles. The van der Waals surface area contributed by atoms with Crippen molar-refractivity contribution in [2.45, 2.75) is 45.3 Å². The predicted molar refractivity (Wildman–Crippen MR) is 115 cm³/mol. The molecule has 0 aliphatic carbocycles. The molecule has 0 spiro atoms. The lowest BCUT2D eigenvalue weighted by Gasteiger charge is -2.38. The Morgan fingerprint density at radius 2 is 2.14 bits per heavy atom. The molecule has 0 aromatic carbocycles. The monoisotopic (exact) mass is 404 g/mol. The van der Waals surface area contributed by atoms with Crippen LogP contribution in [0.15, 0.2) is 17.3 Å². The van der Waals surface area contributed by atoms with E-state index < -0.39 is 5.60 Å². The minimum atomic E-state index is -0.557. The van der Waals surface area contributed by atoms with Crippen LogP contribution in [0, 0.1) is 0 Å². The van der Waals surface area contributed by atoms with Crippen LogP contribution in [0.5, 0.6) is 0 Å². The predicted octanol–water partition coefficient (Wildman–Crippen LogP) is 2.71. The zero-order valence-corrected chi connectivity index (χ0v) is 18.2. The number of piperidine rings is 1. The molecule has 2 heterocycles. The summed E-state index contributed by atoms with van der Waals surface area (Å²) in [4.78, 5) is 38.4. The van der Waals surface area contributed by atoms with Crippen LogP contribution in [0.25, 0.3) is 0 Å². The van der Waals surface area contributed by atoms with Gasteiger partial charge in [-0.3, -0.25) is 4.79 Å². The van der Waals surface area contributed by atoms with E-state index in [4.69, 9.17) is 4.74 Å². The number of amides is 2. The first kappa shape index (κ1) is 22.4. The van der Waals surface area contributed by atoms with Crippen molar-refractivity contribution >= 4 is 36.0 Å². The summed E-state index contributed by atoms with van der Waals surface area (Å²) in [7, 11) is 5.51. The number of hydrogen-bond donors (Lipinski definition) is 1. The molecular weight excluding hydrogens is 372 g/mol. The first-order valence-corrected chi connectivity index (χ1v) is 9.75. The number of hydrogen-bond acceptors (Lipinski definition) is 6. The van der Waals surface area contributed by atoms with Crippen molar-refractivity contribution in [3.63, 3.8) is 0 Å². The van der Waals surface area contributed by atoms with Gasteiger partial charge in [0.1, 0.15) is 11.3 Å². The molecule has 1 atom stereocenters. The third-order valence-electron chi connectivity index (χ3n) is 4.40. The SMILES string of the molecule is CNc1c(N(C=O)C2CCCN(C(=O)OC(C)(C)C)C2)ccnc1/N=C/N(C)C. The average Bonchev–Trinajstić information content (AvgIpc) is 2.66. The maximum Gasteiger partial charge on any atom is 0.410 e. The van der Waals surface area contributed by atoms with Crippen LogP contribution in [0.2, 0.25) is 0 Å². The van der Waals surface area contributed by atoms with Crippen molar-refractivity contribution < 1.29 is 14.3 Å². The van der Waals surface area contributed by atoms with E-state index in [0.717, 1.165) is 19.3 Å². The van der Waals surface area contributed by atoms with Crippen molar-refractivity contribution in [1.29, 1.82) is 0 Å². The van der Waals surface area contributed by atoms with Gasteiger partial charge in [-0.25, -0.2) is 14.8 Å². The van der Waals surface area contributed by atoms with Gasteiger partial charge < -0.3 is 24.8 Å². The third-order valence-corrected chi connectivity index (χ3v) is 4.40. The van der Waals surface area contributed by atoms with Crippen LogP contribution in [-0.2, 0) is 9.53 Å². The summed E-state index contributed by atoms with van der Waals surface area (Å²) in [5.74, 6) is 0.491. The van der Waals surface area contributed by atoms with Crippen LogP contribution < -0.4 is 10.2 Å². The Morgan fingerprint density at radius 3 is 2.72 bits per heavy atom. The highest BCUT2D eigenvalue weighted by Crippen LogP contribution is 2.35. The fourth-order valence-corrected chi connectivity index (χ4v) is 3.18. The molecule has 1 N–H and O–H groups in total. The Kier molecular flexibility index (Phi) is 7.41. The molecule has 1 unspecified atom stereocenters. The molecule has 9 nitrogen and oxygen atoms in total. The van der Waals surface area contributed by atoms with Gasteiger partial charge >= 0.3 is 6.09 Å². The smallest absolute Gasteiger partial charge is 0.410 e. The van der Waals surface area contributed by atoms with Crippen LogP contribution in [-0.4, -0.2) is 79.5 Å². The number of likely N-dealkylation sites (tertiary alicyclic amines) is 1. The largest absolute Gasteiger partial charge is 0.444 e. The lowest BCUT2D eigenvalue weighted by atomic mass is 10.0. The molecule has 9 heteroatoms. The van der Waals surface area contributed by atoms with Gasteiger partial charge in [0.05, 0.1) is 18.1 Å². The fourth-order valence-electron chi connectivity index (χ4n) is 3.18. The second kappa shape index (κ2) is 9.58. The van der Waals surface area contributed by atoms with Crippen LogP contribution in [0.1, 0.15) is 33.6 Å². The van der Waals surface area contributed by atoms with Gasteiger partial charge in [0.25, 0.3) is 0 Å². The van der Waals surface area contributed by atoms with Gasteiger partial charge in [0, 0.05) is 40.4 Å².